The van der Waals surface area contributed by atoms with E-state index in [2.05, 4.69) is 38.7 Å². The van der Waals surface area contributed by atoms with Gasteiger partial charge in [-0.05, 0) is 60.2 Å². The van der Waals surface area contributed by atoms with Gasteiger partial charge in [0.25, 0.3) is 5.89 Å². The number of thioether (sulfide) groups is 1. The van der Waals surface area contributed by atoms with Gasteiger partial charge in [-0.2, -0.15) is 9.67 Å². The summed E-state index contributed by atoms with van der Waals surface area (Å²) < 4.78 is 12.3. The van der Waals surface area contributed by atoms with E-state index in [4.69, 9.17) is 9.26 Å². The first-order valence-corrected chi connectivity index (χ1v) is 9.58. The van der Waals surface area contributed by atoms with E-state index in [0.29, 0.717) is 22.6 Å². The monoisotopic (exact) mass is 394 g/mol. The quantitative estimate of drug-likeness (QED) is 0.458. The molecule has 0 unspecified atom stereocenters. The molecule has 8 nitrogen and oxygen atoms in total. The van der Waals surface area contributed by atoms with Crippen LogP contribution in [0.5, 0.6) is 5.75 Å². The standard InChI is InChI=1S/C19H18N6O2S/c1-12-4-9-16(13(2)10-12)25-19(21-23-24-25)28-11-17-20-18(27-22-17)14-5-7-15(26-3)8-6-14/h4-10H,11H2,1-3H3. The number of tetrazole rings is 1. The van der Waals surface area contributed by atoms with Crippen LogP contribution < -0.4 is 4.74 Å². The van der Waals surface area contributed by atoms with Gasteiger partial charge in [0, 0.05) is 5.56 Å². The molecule has 0 aliphatic carbocycles. The Morgan fingerprint density at radius 2 is 1.93 bits per heavy atom. The number of nitrogens with zero attached hydrogens (tertiary/aromatic N) is 6. The van der Waals surface area contributed by atoms with Crippen LogP contribution in [0.25, 0.3) is 17.1 Å². The van der Waals surface area contributed by atoms with Crippen molar-refractivity contribution in [3.8, 4) is 22.9 Å². The third kappa shape index (κ3) is 3.74. The molecule has 4 rings (SSSR count). The average Bonchev–Trinajstić information content (AvgIpc) is 3.36. The largest absolute Gasteiger partial charge is 0.497 e. The summed E-state index contributed by atoms with van der Waals surface area (Å²) in [6.07, 6.45) is 0. The third-order valence-corrected chi connectivity index (χ3v) is 5.07. The molecule has 0 fully saturated rings. The molecule has 0 aliphatic heterocycles. The van der Waals surface area contributed by atoms with E-state index in [1.54, 1.807) is 11.8 Å². The minimum absolute atomic E-state index is 0.465. The Hall–Kier alpha value is -3.20. The summed E-state index contributed by atoms with van der Waals surface area (Å²) in [4.78, 5) is 4.45. The van der Waals surface area contributed by atoms with Gasteiger partial charge >= 0.3 is 0 Å². The number of aryl methyl sites for hydroxylation is 2. The zero-order valence-corrected chi connectivity index (χ0v) is 16.5. The summed E-state index contributed by atoms with van der Waals surface area (Å²) in [6, 6.07) is 13.6. The van der Waals surface area contributed by atoms with Gasteiger partial charge in [0.1, 0.15) is 5.75 Å². The topological polar surface area (TPSA) is 91.8 Å². The molecule has 142 valence electrons. The number of hydrogen-bond donors (Lipinski definition) is 0. The van der Waals surface area contributed by atoms with Gasteiger partial charge in [-0.15, -0.1) is 5.10 Å². The highest BCUT2D eigenvalue weighted by Gasteiger charge is 2.14. The van der Waals surface area contributed by atoms with Crippen molar-refractivity contribution < 1.29 is 9.26 Å². The zero-order valence-electron chi connectivity index (χ0n) is 15.7. The smallest absolute Gasteiger partial charge is 0.257 e. The van der Waals surface area contributed by atoms with Crippen LogP contribution in [0.2, 0.25) is 0 Å². The van der Waals surface area contributed by atoms with Crippen LogP contribution in [0, 0.1) is 13.8 Å². The summed E-state index contributed by atoms with van der Waals surface area (Å²) in [5, 5.41) is 16.8. The minimum Gasteiger partial charge on any atom is -0.497 e. The molecule has 0 amide bonds. The molecule has 0 aliphatic rings. The fraction of sp³-hybridized carbons (Fsp3) is 0.211. The molecule has 0 saturated heterocycles. The molecular formula is C19H18N6O2S. The molecule has 2 heterocycles. The molecule has 2 aromatic heterocycles. The number of methoxy groups -OCH3 is 1. The molecule has 0 spiro atoms. The maximum absolute atomic E-state index is 5.37. The first-order valence-electron chi connectivity index (χ1n) is 8.60. The summed E-state index contributed by atoms with van der Waals surface area (Å²) in [7, 11) is 1.63. The highest BCUT2D eigenvalue weighted by atomic mass is 32.2. The summed E-state index contributed by atoms with van der Waals surface area (Å²) >= 11 is 1.45. The van der Waals surface area contributed by atoms with Gasteiger partial charge in [0.2, 0.25) is 5.16 Å². The maximum atomic E-state index is 5.37. The van der Waals surface area contributed by atoms with Gasteiger partial charge in [-0.3, -0.25) is 0 Å². The number of ether oxygens (including phenoxy) is 1. The van der Waals surface area contributed by atoms with Crippen molar-refractivity contribution in [1.82, 2.24) is 30.3 Å². The van der Waals surface area contributed by atoms with Gasteiger partial charge in [0.15, 0.2) is 5.82 Å². The van der Waals surface area contributed by atoms with E-state index in [1.807, 2.05) is 43.3 Å². The molecule has 9 heteroatoms. The fourth-order valence-electron chi connectivity index (χ4n) is 2.76. The number of hydrogen-bond acceptors (Lipinski definition) is 8. The molecule has 2 aromatic carbocycles. The Morgan fingerprint density at radius 3 is 2.68 bits per heavy atom. The van der Waals surface area contributed by atoms with Crippen molar-refractivity contribution in [2.75, 3.05) is 7.11 Å². The van der Waals surface area contributed by atoms with Crippen LogP contribution in [0.4, 0.5) is 0 Å². The van der Waals surface area contributed by atoms with Gasteiger partial charge in [0.05, 0.1) is 18.6 Å². The van der Waals surface area contributed by atoms with E-state index in [9.17, 15) is 0 Å². The zero-order chi connectivity index (χ0) is 19.5. The Labute approximate surface area is 165 Å². The second-order valence-electron chi connectivity index (χ2n) is 6.20. The molecule has 0 radical (unpaired) electrons. The Kier molecular flexibility index (Phi) is 5.07. The van der Waals surface area contributed by atoms with Crippen LogP contribution in [-0.2, 0) is 5.75 Å². The Balaban J connectivity index is 1.49. The first-order chi connectivity index (χ1) is 13.6. The van der Waals surface area contributed by atoms with Crippen molar-refractivity contribution in [3.05, 3.63) is 59.4 Å². The van der Waals surface area contributed by atoms with Crippen molar-refractivity contribution >= 4 is 11.8 Å². The lowest BCUT2D eigenvalue weighted by Crippen LogP contribution is -2.02. The highest BCUT2D eigenvalue weighted by molar-refractivity contribution is 7.98. The number of aromatic nitrogens is 6. The average molecular weight is 394 g/mol. The molecule has 0 bridgehead atoms. The summed E-state index contributed by atoms with van der Waals surface area (Å²) in [6.45, 7) is 4.10. The first kappa shape index (κ1) is 18.2. The number of benzene rings is 2. The maximum Gasteiger partial charge on any atom is 0.257 e. The minimum atomic E-state index is 0.465. The summed E-state index contributed by atoms with van der Waals surface area (Å²) in [5.74, 6) is 2.31. The van der Waals surface area contributed by atoms with E-state index in [1.165, 1.54) is 17.3 Å². The Bertz CT molecular complexity index is 1090. The van der Waals surface area contributed by atoms with Crippen molar-refractivity contribution in [2.24, 2.45) is 0 Å². The predicted octanol–water partition coefficient (Wildman–Crippen LogP) is 3.63. The van der Waals surface area contributed by atoms with Crippen LogP contribution in [0.15, 0.2) is 52.1 Å². The van der Waals surface area contributed by atoms with Crippen molar-refractivity contribution in [2.45, 2.75) is 24.8 Å². The van der Waals surface area contributed by atoms with E-state index < -0.39 is 0 Å². The van der Waals surface area contributed by atoms with Crippen molar-refractivity contribution in [3.63, 3.8) is 0 Å². The van der Waals surface area contributed by atoms with Crippen molar-refractivity contribution in [1.29, 1.82) is 0 Å². The third-order valence-electron chi connectivity index (χ3n) is 4.16. The lowest BCUT2D eigenvalue weighted by atomic mass is 10.1. The molecule has 0 saturated carbocycles. The summed E-state index contributed by atoms with van der Waals surface area (Å²) in [5.41, 5.74) is 4.09. The van der Waals surface area contributed by atoms with E-state index in [0.717, 1.165) is 22.6 Å². The van der Waals surface area contributed by atoms with Gasteiger partial charge in [-0.25, -0.2) is 0 Å². The highest BCUT2D eigenvalue weighted by Crippen LogP contribution is 2.25. The van der Waals surface area contributed by atoms with Crippen LogP contribution in [0.1, 0.15) is 17.0 Å². The SMILES string of the molecule is COc1ccc(-c2nc(CSc3nnnn3-c3ccc(C)cc3C)no2)cc1. The molecule has 0 atom stereocenters. The molecular weight excluding hydrogens is 376 g/mol. The van der Waals surface area contributed by atoms with Crippen LogP contribution in [-0.4, -0.2) is 37.5 Å². The molecule has 28 heavy (non-hydrogen) atoms. The van der Waals surface area contributed by atoms with E-state index >= 15 is 0 Å². The predicted molar refractivity (Wildman–Crippen MR) is 104 cm³/mol. The lowest BCUT2D eigenvalue weighted by molar-refractivity contribution is 0.414. The normalized spacial score (nSPS) is 11.0. The van der Waals surface area contributed by atoms with Crippen LogP contribution >= 0.6 is 11.8 Å². The second-order valence-corrected chi connectivity index (χ2v) is 7.14. The van der Waals surface area contributed by atoms with E-state index in [-0.39, 0.29) is 0 Å². The molecule has 4 aromatic rings. The molecule has 0 N–H and O–H groups in total. The van der Waals surface area contributed by atoms with Gasteiger partial charge in [-0.1, -0.05) is 34.6 Å². The van der Waals surface area contributed by atoms with Crippen LogP contribution in [0.3, 0.4) is 0 Å². The Morgan fingerprint density at radius 1 is 1.11 bits per heavy atom. The fourth-order valence-corrected chi connectivity index (χ4v) is 3.48. The lowest BCUT2D eigenvalue weighted by Gasteiger charge is -2.07. The second kappa shape index (κ2) is 7.81. The number of rotatable bonds is 6. The van der Waals surface area contributed by atoms with Gasteiger partial charge < -0.3 is 9.26 Å².